The van der Waals surface area contributed by atoms with Crippen molar-refractivity contribution in [2.75, 3.05) is 12.8 Å². The van der Waals surface area contributed by atoms with Crippen LogP contribution >= 0.6 is 0 Å². The van der Waals surface area contributed by atoms with Crippen molar-refractivity contribution >= 4 is 17.0 Å². The number of fused-ring (bicyclic) bond motifs is 1. The first-order valence-corrected chi connectivity index (χ1v) is 6.46. The summed E-state index contributed by atoms with van der Waals surface area (Å²) in [5.74, 6) is 1.25. The van der Waals surface area contributed by atoms with Gasteiger partial charge in [0.25, 0.3) is 0 Å². The first-order valence-electron chi connectivity index (χ1n) is 6.46. The van der Waals surface area contributed by atoms with Gasteiger partial charge in [0, 0.05) is 31.9 Å². The number of anilines is 1. The molecule has 0 fully saturated rings. The zero-order valence-corrected chi connectivity index (χ0v) is 11.6. The fraction of sp³-hybridized carbons (Fsp3) is 0.286. The molecule has 0 saturated carbocycles. The van der Waals surface area contributed by atoms with Crippen LogP contribution in [-0.2, 0) is 20.0 Å². The third-order valence-electron chi connectivity index (χ3n) is 3.51. The minimum absolute atomic E-state index is 0.506. The molecule has 104 valence electrons. The fourth-order valence-electron chi connectivity index (χ4n) is 2.41. The smallest absolute Gasteiger partial charge is 0.201 e. The van der Waals surface area contributed by atoms with Crippen LogP contribution < -0.4 is 10.5 Å². The Kier molecular flexibility index (Phi) is 3.06. The summed E-state index contributed by atoms with van der Waals surface area (Å²) >= 11 is 0. The maximum absolute atomic E-state index is 6.03. The lowest BCUT2D eigenvalue weighted by molar-refractivity contribution is 0.419. The predicted molar refractivity (Wildman–Crippen MR) is 77.6 cm³/mol. The Hall–Kier alpha value is -2.50. The van der Waals surface area contributed by atoms with E-state index in [1.807, 2.05) is 40.6 Å². The van der Waals surface area contributed by atoms with E-state index in [0.717, 1.165) is 35.4 Å². The molecule has 3 aromatic rings. The second kappa shape index (κ2) is 4.88. The molecule has 0 atom stereocenters. The van der Waals surface area contributed by atoms with Crippen molar-refractivity contribution in [2.24, 2.45) is 7.05 Å². The van der Waals surface area contributed by atoms with Gasteiger partial charge in [-0.2, -0.15) is 5.10 Å². The zero-order valence-electron chi connectivity index (χ0n) is 11.6. The molecule has 3 rings (SSSR count). The van der Waals surface area contributed by atoms with Gasteiger partial charge >= 0.3 is 0 Å². The van der Waals surface area contributed by atoms with Gasteiger partial charge in [0.15, 0.2) is 0 Å². The van der Waals surface area contributed by atoms with E-state index in [1.54, 1.807) is 13.3 Å². The Morgan fingerprint density at radius 1 is 1.30 bits per heavy atom. The highest BCUT2D eigenvalue weighted by molar-refractivity contribution is 5.84. The highest BCUT2D eigenvalue weighted by Gasteiger charge is 2.12. The van der Waals surface area contributed by atoms with Crippen LogP contribution in [0.5, 0.6) is 5.75 Å². The average molecular weight is 271 g/mol. The van der Waals surface area contributed by atoms with Crippen molar-refractivity contribution in [3.63, 3.8) is 0 Å². The third kappa shape index (κ3) is 1.99. The maximum atomic E-state index is 6.03. The summed E-state index contributed by atoms with van der Waals surface area (Å²) in [4.78, 5) is 4.40. The van der Waals surface area contributed by atoms with Crippen LogP contribution in [0.25, 0.3) is 11.0 Å². The average Bonchev–Trinajstić information content (AvgIpc) is 2.99. The number of nitrogen functional groups attached to an aromatic ring is 1. The second-order valence-corrected chi connectivity index (χ2v) is 4.65. The quantitative estimate of drug-likeness (QED) is 0.782. The van der Waals surface area contributed by atoms with Gasteiger partial charge in [-0.3, -0.25) is 4.68 Å². The number of ether oxygens (including phenoxy) is 1. The molecule has 0 aliphatic heterocycles. The van der Waals surface area contributed by atoms with Gasteiger partial charge in [-0.15, -0.1) is 0 Å². The molecule has 0 unspecified atom stereocenters. The number of nitrogens with zero attached hydrogens (tertiary/aromatic N) is 4. The summed E-state index contributed by atoms with van der Waals surface area (Å²) in [7, 11) is 3.58. The first-order chi connectivity index (χ1) is 9.70. The molecule has 0 amide bonds. The van der Waals surface area contributed by atoms with Crippen LogP contribution in [0.1, 0.15) is 5.69 Å². The summed E-state index contributed by atoms with van der Waals surface area (Å²) in [6.45, 7) is 0.759. The van der Waals surface area contributed by atoms with E-state index in [0.29, 0.717) is 5.95 Å². The van der Waals surface area contributed by atoms with E-state index in [-0.39, 0.29) is 0 Å². The molecular weight excluding hydrogens is 254 g/mol. The maximum Gasteiger partial charge on any atom is 0.201 e. The van der Waals surface area contributed by atoms with E-state index >= 15 is 0 Å². The molecule has 0 aliphatic rings. The molecule has 0 radical (unpaired) electrons. The van der Waals surface area contributed by atoms with Crippen LogP contribution in [0, 0.1) is 0 Å². The molecule has 6 nitrogen and oxygen atoms in total. The molecule has 2 heterocycles. The minimum Gasteiger partial charge on any atom is -0.494 e. The van der Waals surface area contributed by atoms with Crippen LogP contribution in [0.15, 0.2) is 30.5 Å². The van der Waals surface area contributed by atoms with Gasteiger partial charge < -0.3 is 15.0 Å². The minimum atomic E-state index is 0.506. The molecule has 0 aliphatic carbocycles. The number of rotatable bonds is 4. The third-order valence-corrected chi connectivity index (χ3v) is 3.51. The van der Waals surface area contributed by atoms with E-state index in [1.165, 1.54) is 0 Å². The Morgan fingerprint density at radius 2 is 2.15 bits per heavy atom. The predicted octanol–water partition coefficient (Wildman–Crippen LogP) is 1.60. The van der Waals surface area contributed by atoms with Crippen molar-refractivity contribution in [3.05, 3.63) is 36.2 Å². The molecule has 1 aromatic carbocycles. The van der Waals surface area contributed by atoms with E-state index in [4.69, 9.17) is 10.5 Å². The normalized spacial score (nSPS) is 11.1. The highest BCUT2D eigenvalue weighted by atomic mass is 16.5. The molecule has 6 heteroatoms. The SMILES string of the molecule is COc1cccc2c1nc(N)n2CCc1ccnn1C. The number of hydrogen-bond acceptors (Lipinski definition) is 4. The fourth-order valence-corrected chi connectivity index (χ4v) is 2.41. The van der Waals surface area contributed by atoms with Gasteiger partial charge in [-0.05, 0) is 18.2 Å². The van der Waals surface area contributed by atoms with E-state index < -0.39 is 0 Å². The molecular formula is C14H17N5O. The number of aryl methyl sites for hydroxylation is 3. The van der Waals surface area contributed by atoms with Crippen molar-refractivity contribution in [1.29, 1.82) is 0 Å². The topological polar surface area (TPSA) is 70.9 Å². The largest absolute Gasteiger partial charge is 0.494 e. The number of hydrogen-bond donors (Lipinski definition) is 1. The van der Waals surface area contributed by atoms with Crippen LogP contribution in [-0.4, -0.2) is 26.4 Å². The van der Waals surface area contributed by atoms with Gasteiger partial charge in [0.2, 0.25) is 5.95 Å². The van der Waals surface area contributed by atoms with Crippen molar-refractivity contribution in [3.8, 4) is 5.75 Å². The molecule has 2 N–H and O–H groups in total. The zero-order chi connectivity index (χ0) is 14.1. The summed E-state index contributed by atoms with van der Waals surface area (Å²) < 4.78 is 9.20. The van der Waals surface area contributed by atoms with Crippen LogP contribution in [0.3, 0.4) is 0 Å². The summed E-state index contributed by atoms with van der Waals surface area (Å²) in [6, 6.07) is 7.85. The monoisotopic (exact) mass is 271 g/mol. The van der Waals surface area contributed by atoms with Crippen LogP contribution in [0.4, 0.5) is 5.95 Å². The van der Waals surface area contributed by atoms with Gasteiger partial charge in [0.1, 0.15) is 11.3 Å². The lowest BCUT2D eigenvalue weighted by atomic mass is 10.2. The van der Waals surface area contributed by atoms with Gasteiger partial charge in [0.05, 0.1) is 12.6 Å². The van der Waals surface area contributed by atoms with Crippen LogP contribution in [0.2, 0.25) is 0 Å². The number of para-hydroxylation sites is 1. The molecule has 0 spiro atoms. The van der Waals surface area contributed by atoms with Crippen molar-refractivity contribution in [2.45, 2.75) is 13.0 Å². The standard InChI is InChI=1S/C14H17N5O/c1-18-10(6-8-16-18)7-9-19-11-4-3-5-12(20-2)13(11)17-14(19)15/h3-6,8H,7,9H2,1-2H3,(H2,15,17). The Bertz CT molecular complexity index is 743. The molecule has 0 saturated heterocycles. The molecule has 0 bridgehead atoms. The van der Waals surface area contributed by atoms with E-state index in [9.17, 15) is 0 Å². The number of methoxy groups -OCH3 is 1. The Morgan fingerprint density at radius 3 is 2.85 bits per heavy atom. The molecule has 2 aromatic heterocycles. The second-order valence-electron chi connectivity index (χ2n) is 4.65. The first kappa shape index (κ1) is 12.5. The number of benzene rings is 1. The molecule has 20 heavy (non-hydrogen) atoms. The van der Waals surface area contributed by atoms with Gasteiger partial charge in [-0.1, -0.05) is 6.07 Å². The van der Waals surface area contributed by atoms with Gasteiger partial charge in [-0.25, -0.2) is 4.98 Å². The lowest BCUT2D eigenvalue weighted by Gasteiger charge is -2.07. The summed E-state index contributed by atoms with van der Waals surface area (Å²) in [5.41, 5.74) is 8.98. The summed E-state index contributed by atoms with van der Waals surface area (Å²) in [5, 5.41) is 4.17. The summed E-state index contributed by atoms with van der Waals surface area (Å²) in [6.07, 6.45) is 2.65. The number of imidazole rings is 1. The van der Waals surface area contributed by atoms with Crippen molar-refractivity contribution in [1.82, 2.24) is 19.3 Å². The lowest BCUT2D eigenvalue weighted by Crippen LogP contribution is -2.08. The highest BCUT2D eigenvalue weighted by Crippen LogP contribution is 2.26. The number of nitrogens with two attached hydrogens (primary N) is 1. The van der Waals surface area contributed by atoms with E-state index in [2.05, 4.69) is 10.1 Å². The Balaban J connectivity index is 1.95. The van der Waals surface area contributed by atoms with Crippen molar-refractivity contribution < 1.29 is 4.74 Å². The Labute approximate surface area is 116 Å². The number of aromatic nitrogens is 4.